The van der Waals surface area contributed by atoms with Gasteiger partial charge in [-0.15, -0.1) is 0 Å². The van der Waals surface area contributed by atoms with E-state index in [1.807, 2.05) is 26.0 Å². The predicted molar refractivity (Wildman–Crippen MR) is 60.7 cm³/mol. The van der Waals surface area contributed by atoms with Gasteiger partial charge in [0.15, 0.2) is 0 Å². The molecule has 0 aliphatic heterocycles. The second kappa shape index (κ2) is 5.66. The highest BCUT2D eigenvalue weighted by molar-refractivity contribution is 5.92. The Morgan fingerprint density at radius 2 is 2.31 bits per heavy atom. The van der Waals surface area contributed by atoms with Crippen LogP contribution in [-0.4, -0.2) is 17.4 Å². The number of allylic oxidation sites excluding steroid dienone is 1. The number of carbonyl (C=O) groups is 1. The lowest BCUT2D eigenvalue weighted by atomic mass is 10.2. The van der Waals surface area contributed by atoms with Crippen LogP contribution in [-0.2, 0) is 0 Å². The lowest BCUT2D eigenvalue weighted by molar-refractivity contribution is 0.0953. The lowest BCUT2D eigenvalue weighted by Crippen LogP contribution is -2.24. The number of amides is 1. The predicted octanol–water partition coefficient (Wildman–Crippen LogP) is 1.65. The smallest absolute Gasteiger partial charge is 0.270 e. The second-order valence-electron chi connectivity index (χ2n) is 3.54. The van der Waals surface area contributed by atoms with Crippen molar-refractivity contribution < 1.29 is 4.79 Å². The molecule has 1 aromatic heterocycles. The van der Waals surface area contributed by atoms with E-state index < -0.39 is 0 Å². The third kappa shape index (κ3) is 3.54. The van der Waals surface area contributed by atoms with Crippen molar-refractivity contribution in [3.8, 4) is 6.07 Å². The van der Waals surface area contributed by atoms with Crippen molar-refractivity contribution in [1.82, 2.24) is 10.3 Å². The highest BCUT2D eigenvalue weighted by atomic mass is 16.1. The molecule has 1 rings (SSSR count). The zero-order valence-electron chi connectivity index (χ0n) is 9.32. The van der Waals surface area contributed by atoms with Gasteiger partial charge in [0.05, 0.1) is 5.56 Å². The molecule has 82 valence electrons. The van der Waals surface area contributed by atoms with Crippen LogP contribution in [0.25, 0.3) is 0 Å². The first-order valence-corrected chi connectivity index (χ1v) is 4.91. The summed E-state index contributed by atoms with van der Waals surface area (Å²) < 4.78 is 0. The first-order valence-electron chi connectivity index (χ1n) is 4.91. The van der Waals surface area contributed by atoms with E-state index in [-0.39, 0.29) is 5.91 Å². The molecule has 1 heterocycles. The number of hydrogen-bond acceptors (Lipinski definition) is 3. The Kier molecular flexibility index (Phi) is 4.22. The lowest BCUT2D eigenvalue weighted by Gasteiger charge is -2.01. The van der Waals surface area contributed by atoms with Crippen LogP contribution in [0.2, 0.25) is 0 Å². The molecule has 1 N–H and O–H groups in total. The summed E-state index contributed by atoms with van der Waals surface area (Å²) in [7, 11) is 0. The fourth-order valence-electron chi connectivity index (χ4n) is 1.03. The first kappa shape index (κ1) is 11.9. The minimum Gasteiger partial charge on any atom is -0.347 e. The van der Waals surface area contributed by atoms with Gasteiger partial charge in [-0.3, -0.25) is 4.79 Å². The van der Waals surface area contributed by atoms with E-state index in [0.29, 0.717) is 17.8 Å². The SMILES string of the molecule is CC(C)=CCNC(=O)c1ccc(C#N)cn1. The summed E-state index contributed by atoms with van der Waals surface area (Å²) in [4.78, 5) is 15.4. The molecular formula is C12H13N3O. The number of aromatic nitrogens is 1. The number of nitrogens with zero attached hydrogens (tertiary/aromatic N) is 2. The molecule has 4 nitrogen and oxygen atoms in total. The third-order valence-electron chi connectivity index (χ3n) is 1.90. The Balaban J connectivity index is 2.60. The van der Waals surface area contributed by atoms with Gasteiger partial charge in [-0.2, -0.15) is 5.26 Å². The summed E-state index contributed by atoms with van der Waals surface area (Å²) in [6, 6.07) is 5.06. The topological polar surface area (TPSA) is 65.8 Å². The molecule has 0 saturated carbocycles. The van der Waals surface area contributed by atoms with Crippen molar-refractivity contribution >= 4 is 5.91 Å². The summed E-state index contributed by atoms with van der Waals surface area (Å²) in [5.41, 5.74) is 1.91. The van der Waals surface area contributed by atoms with Gasteiger partial charge in [0.25, 0.3) is 5.91 Å². The van der Waals surface area contributed by atoms with Gasteiger partial charge in [0.1, 0.15) is 11.8 Å². The van der Waals surface area contributed by atoms with E-state index in [0.717, 1.165) is 5.57 Å². The molecule has 0 aromatic carbocycles. The molecule has 16 heavy (non-hydrogen) atoms. The summed E-state index contributed by atoms with van der Waals surface area (Å²) in [5, 5.41) is 11.3. The van der Waals surface area contributed by atoms with Gasteiger partial charge in [0.2, 0.25) is 0 Å². The van der Waals surface area contributed by atoms with Gasteiger partial charge < -0.3 is 5.32 Å². The number of nitrogens with one attached hydrogen (secondary N) is 1. The molecule has 4 heteroatoms. The standard InChI is InChI=1S/C12H13N3O/c1-9(2)5-6-14-12(16)11-4-3-10(7-13)8-15-11/h3-5,8H,6H2,1-2H3,(H,14,16). The van der Waals surface area contributed by atoms with Gasteiger partial charge >= 0.3 is 0 Å². The van der Waals surface area contributed by atoms with Crippen molar-refractivity contribution in [3.05, 3.63) is 41.2 Å². The molecule has 0 radical (unpaired) electrons. The van der Waals surface area contributed by atoms with Gasteiger partial charge in [-0.1, -0.05) is 11.6 Å². The molecule has 0 bridgehead atoms. The molecule has 0 spiro atoms. The van der Waals surface area contributed by atoms with Crippen LogP contribution in [0.1, 0.15) is 29.9 Å². The monoisotopic (exact) mass is 215 g/mol. The molecule has 0 aliphatic carbocycles. The van der Waals surface area contributed by atoms with Crippen molar-refractivity contribution in [1.29, 1.82) is 5.26 Å². The normalized spacial score (nSPS) is 9.06. The molecule has 0 aliphatic rings. The Labute approximate surface area is 94.6 Å². The van der Waals surface area contributed by atoms with Crippen LogP contribution in [0.5, 0.6) is 0 Å². The van der Waals surface area contributed by atoms with Crippen molar-refractivity contribution in [2.45, 2.75) is 13.8 Å². The van der Waals surface area contributed by atoms with Crippen molar-refractivity contribution in [2.75, 3.05) is 6.54 Å². The van der Waals surface area contributed by atoms with Crippen molar-refractivity contribution in [3.63, 3.8) is 0 Å². The Morgan fingerprint density at radius 3 is 2.81 bits per heavy atom. The zero-order chi connectivity index (χ0) is 12.0. The van der Waals surface area contributed by atoms with Crippen LogP contribution in [0.15, 0.2) is 30.0 Å². The zero-order valence-corrected chi connectivity index (χ0v) is 9.32. The van der Waals surface area contributed by atoms with E-state index in [1.165, 1.54) is 12.3 Å². The van der Waals surface area contributed by atoms with E-state index in [1.54, 1.807) is 6.07 Å². The maximum atomic E-state index is 11.5. The highest BCUT2D eigenvalue weighted by Crippen LogP contribution is 1.98. The minimum atomic E-state index is -0.234. The summed E-state index contributed by atoms with van der Waals surface area (Å²) >= 11 is 0. The molecule has 0 atom stereocenters. The Morgan fingerprint density at radius 1 is 1.56 bits per heavy atom. The number of carbonyl (C=O) groups excluding carboxylic acids is 1. The molecular weight excluding hydrogens is 202 g/mol. The Bertz CT molecular complexity index is 436. The average Bonchev–Trinajstić information content (AvgIpc) is 2.28. The maximum Gasteiger partial charge on any atom is 0.270 e. The van der Waals surface area contributed by atoms with Gasteiger partial charge in [0, 0.05) is 12.7 Å². The van der Waals surface area contributed by atoms with E-state index >= 15 is 0 Å². The minimum absolute atomic E-state index is 0.234. The van der Waals surface area contributed by atoms with Gasteiger partial charge in [-0.05, 0) is 26.0 Å². The molecule has 0 fully saturated rings. The van der Waals surface area contributed by atoms with Crippen LogP contribution >= 0.6 is 0 Å². The van der Waals surface area contributed by atoms with Gasteiger partial charge in [-0.25, -0.2) is 4.98 Å². The number of pyridine rings is 1. The first-order chi connectivity index (χ1) is 7.63. The molecule has 1 aromatic rings. The fourth-order valence-corrected chi connectivity index (χ4v) is 1.03. The number of nitriles is 1. The summed E-state index contributed by atoms with van der Waals surface area (Å²) in [5.74, 6) is -0.234. The fraction of sp³-hybridized carbons (Fsp3) is 0.250. The third-order valence-corrected chi connectivity index (χ3v) is 1.90. The van der Waals surface area contributed by atoms with Crippen LogP contribution < -0.4 is 5.32 Å². The van der Waals surface area contributed by atoms with E-state index in [4.69, 9.17) is 5.26 Å². The number of rotatable bonds is 3. The average molecular weight is 215 g/mol. The molecule has 0 saturated heterocycles. The van der Waals surface area contributed by atoms with E-state index in [2.05, 4.69) is 10.3 Å². The van der Waals surface area contributed by atoms with Crippen LogP contribution in [0.4, 0.5) is 0 Å². The largest absolute Gasteiger partial charge is 0.347 e. The highest BCUT2D eigenvalue weighted by Gasteiger charge is 2.04. The molecule has 1 amide bonds. The number of hydrogen-bond donors (Lipinski definition) is 1. The second-order valence-corrected chi connectivity index (χ2v) is 3.54. The molecule has 0 unspecified atom stereocenters. The van der Waals surface area contributed by atoms with E-state index in [9.17, 15) is 4.79 Å². The Hall–Kier alpha value is -2.15. The summed E-state index contributed by atoms with van der Waals surface area (Å²) in [6.45, 7) is 4.42. The van der Waals surface area contributed by atoms with Crippen LogP contribution in [0.3, 0.4) is 0 Å². The summed E-state index contributed by atoms with van der Waals surface area (Å²) in [6.07, 6.45) is 3.30. The maximum absolute atomic E-state index is 11.5. The quantitative estimate of drug-likeness (QED) is 0.779. The van der Waals surface area contributed by atoms with Crippen LogP contribution in [0, 0.1) is 11.3 Å². The van der Waals surface area contributed by atoms with Crippen molar-refractivity contribution in [2.24, 2.45) is 0 Å².